The van der Waals surface area contributed by atoms with Crippen LogP contribution in [0.2, 0.25) is 5.02 Å². The lowest BCUT2D eigenvalue weighted by Gasteiger charge is -2.12. The van der Waals surface area contributed by atoms with E-state index in [2.05, 4.69) is 16.0 Å². The highest BCUT2D eigenvalue weighted by Gasteiger charge is 2.22. The van der Waals surface area contributed by atoms with Crippen molar-refractivity contribution in [3.8, 4) is 0 Å². The molecule has 0 aromatic heterocycles. The Morgan fingerprint density at radius 3 is 2.75 bits per heavy atom. The van der Waals surface area contributed by atoms with Gasteiger partial charge in [-0.25, -0.2) is 0 Å². The first kappa shape index (κ1) is 16.8. The summed E-state index contributed by atoms with van der Waals surface area (Å²) in [4.78, 5) is 23.6. The molecule has 3 N–H and O–H groups in total. The highest BCUT2D eigenvalue weighted by atomic mass is 35.5. The molecule has 1 aliphatic rings. The molecule has 110 valence electrons. The molecule has 0 radical (unpaired) electrons. The fourth-order valence-electron chi connectivity index (χ4n) is 2.05. The van der Waals surface area contributed by atoms with Crippen LogP contribution in [-0.2, 0) is 4.79 Å². The van der Waals surface area contributed by atoms with Crippen molar-refractivity contribution in [1.29, 1.82) is 0 Å². The molecule has 0 saturated carbocycles. The molecule has 20 heavy (non-hydrogen) atoms. The van der Waals surface area contributed by atoms with Crippen LogP contribution in [0.25, 0.3) is 0 Å². The second-order valence-corrected chi connectivity index (χ2v) is 4.82. The van der Waals surface area contributed by atoms with Gasteiger partial charge in [0.15, 0.2) is 0 Å². The van der Waals surface area contributed by atoms with Crippen molar-refractivity contribution in [3.05, 3.63) is 28.8 Å². The molecule has 0 aliphatic carbocycles. The Kier molecular flexibility index (Phi) is 6.26. The summed E-state index contributed by atoms with van der Waals surface area (Å²) in [5.41, 5.74) is 0.919. The van der Waals surface area contributed by atoms with E-state index in [1.807, 2.05) is 0 Å². The van der Waals surface area contributed by atoms with E-state index in [9.17, 15) is 9.59 Å². The van der Waals surface area contributed by atoms with Gasteiger partial charge in [0.25, 0.3) is 5.91 Å². The molecule has 1 saturated heterocycles. The zero-order valence-corrected chi connectivity index (χ0v) is 12.6. The molecule has 0 bridgehead atoms. The lowest BCUT2D eigenvalue weighted by Crippen LogP contribution is -2.35. The number of carbonyl (C=O) groups is 2. The number of nitrogens with one attached hydrogen (secondary N) is 3. The summed E-state index contributed by atoms with van der Waals surface area (Å²) >= 11 is 5.95. The summed E-state index contributed by atoms with van der Waals surface area (Å²) in [7, 11) is 1.53. The number of hydrogen-bond donors (Lipinski definition) is 3. The van der Waals surface area contributed by atoms with Crippen LogP contribution in [0, 0.1) is 0 Å². The van der Waals surface area contributed by atoms with Crippen LogP contribution in [0.15, 0.2) is 18.2 Å². The predicted molar refractivity (Wildman–Crippen MR) is 81.7 cm³/mol. The molecule has 0 unspecified atom stereocenters. The second kappa shape index (κ2) is 7.47. The van der Waals surface area contributed by atoms with Crippen LogP contribution in [0.1, 0.15) is 23.2 Å². The number of hydrogen-bond acceptors (Lipinski definition) is 3. The third-order valence-electron chi connectivity index (χ3n) is 3.08. The molecule has 1 heterocycles. The van der Waals surface area contributed by atoms with Crippen LogP contribution < -0.4 is 16.0 Å². The van der Waals surface area contributed by atoms with Crippen LogP contribution in [0.3, 0.4) is 0 Å². The lowest BCUT2D eigenvalue weighted by atomic mass is 10.1. The van der Waals surface area contributed by atoms with Crippen molar-refractivity contribution in [1.82, 2.24) is 10.6 Å². The van der Waals surface area contributed by atoms with Gasteiger partial charge in [-0.1, -0.05) is 11.6 Å². The maximum Gasteiger partial charge on any atom is 0.252 e. The van der Waals surface area contributed by atoms with Gasteiger partial charge in [0.05, 0.1) is 16.6 Å². The first-order valence-electron chi connectivity index (χ1n) is 6.17. The third-order valence-corrected chi connectivity index (χ3v) is 3.41. The third kappa shape index (κ3) is 3.85. The maximum atomic E-state index is 11.9. The molecule has 5 nitrogen and oxygen atoms in total. The molecule has 1 fully saturated rings. The zero-order chi connectivity index (χ0) is 13.8. The zero-order valence-electron chi connectivity index (χ0n) is 11.0. The van der Waals surface area contributed by atoms with Crippen LogP contribution in [0.5, 0.6) is 0 Å². The van der Waals surface area contributed by atoms with Crippen molar-refractivity contribution in [3.63, 3.8) is 0 Å². The molecule has 7 heteroatoms. The number of amides is 2. The highest BCUT2D eigenvalue weighted by molar-refractivity contribution is 6.34. The van der Waals surface area contributed by atoms with E-state index in [-0.39, 0.29) is 30.3 Å². The first-order valence-corrected chi connectivity index (χ1v) is 6.55. The highest BCUT2D eigenvalue weighted by Crippen LogP contribution is 2.21. The van der Waals surface area contributed by atoms with Gasteiger partial charge in [0, 0.05) is 12.7 Å². The van der Waals surface area contributed by atoms with E-state index >= 15 is 0 Å². The molecular formula is C13H17Cl2N3O2. The number of benzene rings is 1. The van der Waals surface area contributed by atoms with Gasteiger partial charge >= 0.3 is 0 Å². The van der Waals surface area contributed by atoms with Gasteiger partial charge in [-0.15, -0.1) is 12.4 Å². The smallest absolute Gasteiger partial charge is 0.252 e. The van der Waals surface area contributed by atoms with E-state index in [0.717, 1.165) is 19.4 Å². The molecule has 0 spiro atoms. The van der Waals surface area contributed by atoms with Gasteiger partial charge in [-0.05, 0) is 37.6 Å². The lowest BCUT2D eigenvalue weighted by molar-refractivity contribution is -0.117. The summed E-state index contributed by atoms with van der Waals surface area (Å²) in [5, 5.41) is 8.78. The van der Waals surface area contributed by atoms with Gasteiger partial charge in [-0.3, -0.25) is 9.59 Å². The Labute approximate surface area is 128 Å². The van der Waals surface area contributed by atoms with Crippen molar-refractivity contribution in [2.24, 2.45) is 0 Å². The molecule has 1 aromatic carbocycles. The fourth-order valence-corrected chi connectivity index (χ4v) is 2.25. The quantitative estimate of drug-likeness (QED) is 0.796. The number of carbonyl (C=O) groups excluding carboxylic acids is 2. The maximum absolute atomic E-state index is 11.9. The molecule has 2 amide bonds. The minimum atomic E-state index is -0.278. The molecule has 1 aliphatic heterocycles. The summed E-state index contributed by atoms with van der Waals surface area (Å²) < 4.78 is 0. The Hall–Kier alpha value is -1.30. The minimum absolute atomic E-state index is 0. The Bertz CT molecular complexity index is 502. The minimum Gasteiger partial charge on any atom is -0.355 e. The van der Waals surface area contributed by atoms with Crippen LogP contribution in [-0.4, -0.2) is 31.4 Å². The Morgan fingerprint density at radius 1 is 1.40 bits per heavy atom. The Balaban J connectivity index is 0.00000200. The summed E-state index contributed by atoms with van der Waals surface area (Å²) in [6, 6.07) is 4.71. The van der Waals surface area contributed by atoms with Gasteiger partial charge in [0.2, 0.25) is 5.91 Å². The summed E-state index contributed by atoms with van der Waals surface area (Å²) in [6.07, 6.45) is 1.84. The average Bonchev–Trinajstić information content (AvgIpc) is 2.94. The van der Waals surface area contributed by atoms with Gasteiger partial charge < -0.3 is 16.0 Å². The van der Waals surface area contributed by atoms with Crippen molar-refractivity contribution in [2.75, 3.05) is 18.9 Å². The normalized spacial score (nSPS) is 17.2. The Morgan fingerprint density at radius 2 is 2.15 bits per heavy atom. The fraction of sp³-hybridized carbons (Fsp3) is 0.385. The van der Waals surface area contributed by atoms with Crippen molar-refractivity contribution < 1.29 is 9.59 Å². The summed E-state index contributed by atoms with van der Waals surface area (Å²) in [6.45, 7) is 0.863. The molecule has 1 atom stereocenters. The van der Waals surface area contributed by atoms with E-state index in [1.54, 1.807) is 18.2 Å². The predicted octanol–water partition coefficient (Wildman–Crippen LogP) is 1.81. The molecule has 2 rings (SSSR count). The number of anilines is 1. The molecule has 1 aromatic rings. The monoisotopic (exact) mass is 317 g/mol. The van der Waals surface area contributed by atoms with E-state index in [4.69, 9.17) is 11.6 Å². The van der Waals surface area contributed by atoms with Crippen LogP contribution in [0.4, 0.5) is 5.69 Å². The summed E-state index contributed by atoms with van der Waals surface area (Å²) in [5.74, 6) is -0.359. The molecular weight excluding hydrogens is 301 g/mol. The van der Waals surface area contributed by atoms with E-state index in [0.29, 0.717) is 16.3 Å². The van der Waals surface area contributed by atoms with E-state index in [1.165, 1.54) is 7.05 Å². The van der Waals surface area contributed by atoms with Crippen LogP contribution >= 0.6 is 24.0 Å². The average molecular weight is 318 g/mol. The number of rotatable bonds is 3. The van der Waals surface area contributed by atoms with Gasteiger partial charge in [0.1, 0.15) is 0 Å². The van der Waals surface area contributed by atoms with Gasteiger partial charge in [-0.2, -0.15) is 0 Å². The first-order chi connectivity index (χ1) is 9.11. The SMILES string of the molecule is CNC(=O)c1cc(NC(=O)[C@@H]2CCCN2)ccc1Cl.Cl. The van der Waals surface area contributed by atoms with Crippen molar-refractivity contribution >= 4 is 41.5 Å². The largest absolute Gasteiger partial charge is 0.355 e. The topological polar surface area (TPSA) is 70.2 Å². The number of halogens is 2. The standard InChI is InChI=1S/C13H16ClN3O2.ClH/c1-15-12(18)9-7-8(4-5-10(9)14)17-13(19)11-3-2-6-16-11;/h4-5,7,11,16H,2-3,6H2,1H3,(H,15,18)(H,17,19);1H/t11-;/m0./s1. The second-order valence-electron chi connectivity index (χ2n) is 4.41. The van der Waals surface area contributed by atoms with E-state index < -0.39 is 0 Å². The van der Waals surface area contributed by atoms with Crippen molar-refractivity contribution in [2.45, 2.75) is 18.9 Å².